The number of nitrogens with zero attached hydrogens (tertiary/aromatic N) is 2. The summed E-state index contributed by atoms with van der Waals surface area (Å²) in [6.45, 7) is 3.08. The molecular weight excluding hydrogens is 271 g/mol. The average Bonchev–Trinajstić information content (AvgIpc) is 2.85. The Hall–Kier alpha value is -1.81. The fourth-order valence-electron chi connectivity index (χ4n) is 2.16. The molecule has 0 aliphatic rings. The molecule has 0 atom stereocenters. The van der Waals surface area contributed by atoms with Crippen LogP contribution in [0.2, 0.25) is 0 Å². The van der Waals surface area contributed by atoms with Crippen molar-refractivity contribution < 1.29 is 4.39 Å². The molecular formula is C16H15FN2S. The molecule has 3 aromatic rings. The SMILES string of the molecule is CCCn1ncc2cc(Sc3ccc(F)cc3)ccc21. The van der Waals surface area contributed by atoms with Crippen molar-refractivity contribution in [1.29, 1.82) is 0 Å². The second-order valence-electron chi connectivity index (χ2n) is 4.64. The van der Waals surface area contributed by atoms with E-state index < -0.39 is 0 Å². The zero-order valence-corrected chi connectivity index (χ0v) is 12.0. The van der Waals surface area contributed by atoms with Crippen LogP contribution in [0, 0.1) is 5.82 Å². The number of hydrogen-bond acceptors (Lipinski definition) is 2. The summed E-state index contributed by atoms with van der Waals surface area (Å²) >= 11 is 1.63. The molecule has 4 heteroatoms. The molecule has 0 radical (unpaired) electrons. The lowest BCUT2D eigenvalue weighted by molar-refractivity contribution is 0.622. The Morgan fingerprint density at radius 3 is 2.60 bits per heavy atom. The summed E-state index contributed by atoms with van der Waals surface area (Å²) in [5, 5.41) is 5.55. The Kier molecular flexibility index (Phi) is 3.74. The third kappa shape index (κ3) is 2.70. The summed E-state index contributed by atoms with van der Waals surface area (Å²) in [6, 6.07) is 12.9. The molecule has 2 aromatic carbocycles. The monoisotopic (exact) mass is 286 g/mol. The van der Waals surface area contributed by atoms with Crippen molar-refractivity contribution in [3.8, 4) is 0 Å². The number of rotatable bonds is 4. The van der Waals surface area contributed by atoms with Crippen LogP contribution in [0.3, 0.4) is 0 Å². The highest BCUT2D eigenvalue weighted by atomic mass is 32.2. The van der Waals surface area contributed by atoms with E-state index in [1.54, 1.807) is 23.9 Å². The number of hydrogen-bond donors (Lipinski definition) is 0. The molecule has 0 spiro atoms. The minimum Gasteiger partial charge on any atom is -0.265 e. The Bertz CT molecular complexity index is 719. The van der Waals surface area contributed by atoms with Crippen LogP contribution >= 0.6 is 11.8 Å². The van der Waals surface area contributed by atoms with Gasteiger partial charge in [-0.25, -0.2) is 4.39 Å². The van der Waals surface area contributed by atoms with Crippen molar-refractivity contribution >= 4 is 22.7 Å². The van der Waals surface area contributed by atoms with Crippen molar-refractivity contribution in [2.45, 2.75) is 29.7 Å². The van der Waals surface area contributed by atoms with Crippen LogP contribution < -0.4 is 0 Å². The molecule has 0 aliphatic heterocycles. The van der Waals surface area contributed by atoms with Crippen LogP contribution in [0.25, 0.3) is 10.9 Å². The molecule has 0 unspecified atom stereocenters. The van der Waals surface area contributed by atoms with Gasteiger partial charge in [-0.1, -0.05) is 18.7 Å². The molecule has 1 aromatic heterocycles. The third-order valence-electron chi connectivity index (χ3n) is 3.10. The van der Waals surface area contributed by atoms with Gasteiger partial charge in [-0.05, 0) is 48.9 Å². The summed E-state index contributed by atoms with van der Waals surface area (Å²) in [6.07, 6.45) is 2.97. The Labute approximate surface area is 121 Å². The maximum absolute atomic E-state index is 12.9. The molecule has 1 heterocycles. The lowest BCUT2D eigenvalue weighted by atomic mass is 10.2. The maximum atomic E-state index is 12.9. The van der Waals surface area contributed by atoms with E-state index in [0.29, 0.717) is 0 Å². The van der Waals surface area contributed by atoms with Crippen molar-refractivity contribution in [2.75, 3.05) is 0 Å². The van der Waals surface area contributed by atoms with Crippen LogP contribution in [-0.2, 0) is 6.54 Å². The fraction of sp³-hybridized carbons (Fsp3) is 0.188. The quantitative estimate of drug-likeness (QED) is 0.689. The summed E-state index contributed by atoms with van der Waals surface area (Å²) in [7, 11) is 0. The highest BCUT2D eigenvalue weighted by Gasteiger charge is 2.04. The van der Waals surface area contributed by atoms with Gasteiger partial charge in [0, 0.05) is 21.7 Å². The van der Waals surface area contributed by atoms with E-state index in [2.05, 4.69) is 30.2 Å². The Balaban J connectivity index is 1.87. The van der Waals surface area contributed by atoms with Crippen molar-refractivity contribution in [3.05, 3.63) is 54.5 Å². The van der Waals surface area contributed by atoms with E-state index in [1.165, 1.54) is 12.1 Å². The zero-order valence-electron chi connectivity index (χ0n) is 11.2. The van der Waals surface area contributed by atoms with Gasteiger partial charge in [0.25, 0.3) is 0 Å². The minimum atomic E-state index is -0.203. The largest absolute Gasteiger partial charge is 0.265 e. The number of aromatic nitrogens is 2. The molecule has 20 heavy (non-hydrogen) atoms. The molecule has 0 amide bonds. The first-order valence-corrected chi connectivity index (χ1v) is 7.47. The highest BCUT2D eigenvalue weighted by Crippen LogP contribution is 2.30. The predicted octanol–water partition coefficient (Wildman–Crippen LogP) is 4.74. The maximum Gasteiger partial charge on any atom is 0.123 e. The molecule has 0 N–H and O–H groups in total. The highest BCUT2D eigenvalue weighted by molar-refractivity contribution is 7.99. The van der Waals surface area contributed by atoms with Crippen molar-refractivity contribution in [2.24, 2.45) is 0 Å². The van der Waals surface area contributed by atoms with Crippen LogP contribution in [0.5, 0.6) is 0 Å². The van der Waals surface area contributed by atoms with Gasteiger partial charge in [0.15, 0.2) is 0 Å². The first kappa shape index (κ1) is 13.2. The second kappa shape index (κ2) is 5.67. The summed E-state index contributed by atoms with van der Waals surface area (Å²) < 4.78 is 14.9. The first-order valence-electron chi connectivity index (χ1n) is 6.65. The van der Waals surface area contributed by atoms with Gasteiger partial charge < -0.3 is 0 Å². The lowest BCUT2D eigenvalue weighted by Gasteiger charge is -2.04. The van der Waals surface area contributed by atoms with E-state index in [4.69, 9.17) is 0 Å². The van der Waals surface area contributed by atoms with Gasteiger partial charge in [-0.3, -0.25) is 4.68 Å². The molecule has 0 fully saturated rings. The molecule has 0 bridgehead atoms. The van der Waals surface area contributed by atoms with E-state index >= 15 is 0 Å². The van der Waals surface area contributed by atoms with Gasteiger partial charge in [-0.15, -0.1) is 0 Å². The van der Waals surface area contributed by atoms with Gasteiger partial charge >= 0.3 is 0 Å². The number of fused-ring (bicyclic) bond motifs is 1. The van der Waals surface area contributed by atoms with Crippen LogP contribution in [0.1, 0.15) is 13.3 Å². The Morgan fingerprint density at radius 2 is 1.85 bits per heavy atom. The minimum absolute atomic E-state index is 0.203. The van der Waals surface area contributed by atoms with Gasteiger partial charge in [0.2, 0.25) is 0 Å². The smallest absolute Gasteiger partial charge is 0.123 e. The number of halogens is 1. The summed E-state index contributed by atoms with van der Waals surface area (Å²) in [4.78, 5) is 2.17. The van der Waals surface area contributed by atoms with Crippen LogP contribution in [0.4, 0.5) is 4.39 Å². The predicted molar refractivity (Wildman–Crippen MR) is 80.5 cm³/mol. The topological polar surface area (TPSA) is 17.8 Å². The van der Waals surface area contributed by atoms with E-state index in [-0.39, 0.29) is 5.82 Å². The van der Waals surface area contributed by atoms with E-state index in [0.717, 1.165) is 33.7 Å². The zero-order chi connectivity index (χ0) is 13.9. The molecule has 0 saturated heterocycles. The Morgan fingerprint density at radius 1 is 1.10 bits per heavy atom. The van der Waals surface area contributed by atoms with Gasteiger partial charge in [-0.2, -0.15) is 5.10 Å². The summed E-state index contributed by atoms with van der Waals surface area (Å²) in [5.74, 6) is -0.203. The number of aryl methyl sites for hydroxylation is 1. The van der Waals surface area contributed by atoms with Crippen molar-refractivity contribution in [1.82, 2.24) is 9.78 Å². The average molecular weight is 286 g/mol. The van der Waals surface area contributed by atoms with E-state index in [1.807, 2.05) is 10.9 Å². The standard InChI is InChI=1S/C16H15FN2S/c1-2-9-19-16-8-7-15(10-12(16)11-18-19)20-14-5-3-13(17)4-6-14/h3-8,10-11H,2,9H2,1H3. The fourth-order valence-corrected chi connectivity index (χ4v) is 3.02. The third-order valence-corrected chi connectivity index (χ3v) is 4.10. The first-order chi connectivity index (χ1) is 9.76. The molecule has 0 saturated carbocycles. The lowest BCUT2D eigenvalue weighted by Crippen LogP contribution is -1.97. The van der Waals surface area contributed by atoms with Crippen LogP contribution in [0.15, 0.2) is 58.5 Å². The molecule has 102 valence electrons. The normalized spacial score (nSPS) is 11.1. The van der Waals surface area contributed by atoms with Gasteiger partial charge in [0.1, 0.15) is 5.82 Å². The van der Waals surface area contributed by atoms with Gasteiger partial charge in [0.05, 0.1) is 11.7 Å². The summed E-state index contributed by atoms with van der Waals surface area (Å²) in [5.41, 5.74) is 1.16. The van der Waals surface area contributed by atoms with Crippen molar-refractivity contribution in [3.63, 3.8) is 0 Å². The number of benzene rings is 2. The molecule has 3 rings (SSSR count). The second-order valence-corrected chi connectivity index (χ2v) is 5.79. The molecule has 2 nitrogen and oxygen atoms in total. The van der Waals surface area contributed by atoms with Crippen LogP contribution in [-0.4, -0.2) is 9.78 Å². The molecule has 0 aliphatic carbocycles. The van der Waals surface area contributed by atoms with E-state index in [9.17, 15) is 4.39 Å².